The molecule has 2 rings (SSSR count). The molecule has 2 heterocycles. The molecule has 0 aliphatic carbocycles. The fraction of sp³-hybridized carbons (Fsp3) is 0.846. The van der Waals surface area contributed by atoms with Gasteiger partial charge in [0, 0.05) is 19.7 Å². The number of hydrogen-bond acceptors (Lipinski definition) is 4. The molecule has 20 heavy (non-hydrogen) atoms. The van der Waals surface area contributed by atoms with Gasteiger partial charge in [-0.1, -0.05) is 0 Å². The largest absolute Gasteiger partial charge is 0.481 e. The third-order valence-electron chi connectivity index (χ3n) is 3.70. The van der Waals surface area contributed by atoms with Crippen LogP contribution in [-0.2, 0) is 14.3 Å². The lowest BCUT2D eigenvalue weighted by Gasteiger charge is -2.33. The second-order valence-corrected chi connectivity index (χ2v) is 5.33. The molecule has 0 aromatic rings. The first-order chi connectivity index (χ1) is 9.56. The molecule has 3 atom stereocenters. The number of ether oxygens (including phenoxy) is 2. The van der Waals surface area contributed by atoms with E-state index in [-0.39, 0.29) is 24.6 Å². The Morgan fingerprint density at radius 3 is 2.85 bits per heavy atom. The van der Waals surface area contributed by atoms with Crippen molar-refractivity contribution in [3.8, 4) is 0 Å². The molecule has 2 amide bonds. The summed E-state index contributed by atoms with van der Waals surface area (Å²) in [6.45, 7) is 3.86. The van der Waals surface area contributed by atoms with Gasteiger partial charge < -0.3 is 24.8 Å². The number of carboxylic acid groups (broad SMARTS) is 1. The molecule has 7 heteroatoms. The normalized spacial score (nSPS) is 28.1. The summed E-state index contributed by atoms with van der Waals surface area (Å²) in [4.78, 5) is 24.4. The molecule has 2 aliphatic rings. The lowest BCUT2D eigenvalue weighted by Crippen LogP contribution is -2.53. The Bertz CT molecular complexity index is 357. The molecule has 2 fully saturated rings. The van der Waals surface area contributed by atoms with E-state index in [0.717, 1.165) is 19.4 Å². The number of nitrogens with zero attached hydrogens (tertiary/aromatic N) is 1. The SMILES string of the molecule is CC(NC(=O)N1CCOC(CC(=O)O)C1)C1CCCO1. The minimum Gasteiger partial charge on any atom is -0.481 e. The van der Waals surface area contributed by atoms with Crippen LogP contribution in [0.2, 0.25) is 0 Å². The van der Waals surface area contributed by atoms with E-state index >= 15 is 0 Å². The topological polar surface area (TPSA) is 88.1 Å². The van der Waals surface area contributed by atoms with Crippen molar-refractivity contribution in [2.45, 2.75) is 44.4 Å². The van der Waals surface area contributed by atoms with Crippen molar-refractivity contribution in [3.63, 3.8) is 0 Å². The summed E-state index contributed by atoms with van der Waals surface area (Å²) in [5.74, 6) is -0.912. The van der Waals surface area contributed by atoms with Crippen molar-refractivity contribution in [2.75, 3.05) is 26.3 Å². The Labute approximate surface area is 118 Å². The Balaban J connectivity index is 1.80. The summed E-state index contributed by atoms with van der Waals surface area (Å²) in [7, 11) is 0. The molecular weight excluding hydrogens is 264 g/mol. The smallest absolute Gasteiger partial charge is 0.317 e. The number of aliphatic carboxylic acids is 1. The maximum Gasteiger partial charge on any atom is 0.317 e. The predicted octanol–water partition coefficient (Wildman–Crippen LogP) is 0.439. The van der Waals surface area contributed by atoms with E-state index in [9.17, 15) is 9.59 Å². The third kappa shape index (κ3) is 4.08. The average molecular weight is 286 g/mol. The van der Waals surface area contributed by atoms with Gasteiger partial charge in [0.15, 0.2) is 0 Å². The minimum atomic E-state index is -0.912. The average Bonchev–Trinajstić information content (AvgIpc) is 2.92. The van der Waals surface area contributed by atoms with Crippen LogP contribution in [0.5, 0.6) is 0 Å². The molecule has 2 aliphatic heterocycles. The summed E-state index contributed by atoms with van der Waals surface area (Å²) < 4.78 is 10.9. The zero-order valence-electron chi connectivity index (χ0n) is 11.7. The van der Waals surface area contributed by atoms with Crippen molar-refractivity contribution in [3.05, 3.63) is 0 Å². The van der Waals surface area contributed by atoms with E-state index in [1.165, 1.54) is 0 Å². The number of rotatable bonds is 4. The van der Waals surface area contributed by atoms with Gasteiger partial charge in [-0.3, -0.25) is 4.79 Å². The zero-order chi connectivity index (χ0) is 14.5. The van der Waals surface area contributed by atoms with Crippen LogP contribution in [0.15, 0.2) is 0 Å². The van der Waals surface area contributed by atoms with E-state index in [4.69, 9.17) is 14.6 Å². The Hall–Kier alpha value is -1.34. The van der Waals surface area contributed by atoms with Gasteiger partial charge in [0.1, 0.15) is 0 Å². The van der Waals surface area contributed by atoms with Crippen LogP contribution in [0.1, 0.15) is 26.2 Å². The van der Waals surface area contributed by atoms with E-state index in [1.54, 1.807) is 4.90 Å². The van der Waals surface area contributed by atoms with Gasteiger partial charge in [0.2, 0.25) is 0 Å². The van der Waals surface area contributed by atoms with Crippen LogP contribution in [0.25, 0.3) is 0 Å². The fourth-order valence-electron chi connectivity index (χ4n) is 2.60. The monoisotopic (exact) mass is 286 g/mol. The Kier molecular flexibility index (Phi) is 5.19. The number of carbonyl (C=O) groups is 2. The maximum absolute atomic E-state index is 12.2. The number of amides is 2. The summed E-state index contributed by atoms with van der Waals surface area (Å²) in [6, 6.07) is -0.211. The summed E-state index contributed by atoms with van der Waals surface area (Å²) in [5, 5.41) is 11.7. The number of carboxylic acids is 1. The highest BCUT2D eigenvalue weighted by molar-refractivity contribution is 5.75. The molecule has 0 radical (unpaired) electrons. The van der Waals surface area contributed by atoms with Crippen LogP contribution in [0.4, 0.5) is 4.79 Å². The molecule has 3 unspecified atom stereocenters. The Morgan fingerprint density at radius 2 is 2.20 bits per heavy atom. The highest BCUT2D eigenvalue weighted by Crippen LogP contribution is 2.16. The van der Waals surface area contributed by atoms with Gasteiger partial charge in [-0.15, -0.1) is 0 Å². The highest BCUT2D eigenvalue weighted by Gasteiger charge is 2.29. The molecule has 114 valence electrons. The molecule has 7 nitrogen and oxygen atoms in total. The van der Waals surface area contributed by atoms with Gasteiger partial charge in [0.05, 0.1) is 31.3 Å². The molecule has 2 saturated heterocycles. The Morgan fingerprint density at radius 1 is 1.40 bits per heavy atom. The molecule has 0 spiro atoms. The zero-order valence-corrected chi connectivity index (χ0v) is 11.7. The quantitative estimate of drug-likeness (QED) is 0.783. The van der Waals surface area contributed by atoms with Gasteiger partial charge in [-0.25, -0.2) is 4.79 Å². The molecule has 0 saturated carbocycles. The summed E-state index contributed by atoms with van der Waals surface area (Å²) in [6.07, 6.45) is 1.57. The first kappa shape index (κ1) is 15.1. The number of morpholine rings is 1. The third-order valence-corrected chi connectivity index (χ3v) is 3.70. The van der Waals surface area contributed by atoms with Gasteiger partial charge in [-0.2, -0.15) is 0 Å². The van der Waals surface area contributed by atoms with Crippen LogP contribution < -0.4 is 5.32 Å². The fourth-order valence-corrected chi connectivity index (χ4v) is 2.60. The number of hydrogen-bond donors (Lipinski definition) is 2. The van der Waals surface area contributed by atoms with E-state index in [0.29, 0.717) is 19.7 Å². The molecule has 2 N–H and O–H groups in total. The summed E-state index contributed by atoms with van der Waals surface area (Å²) in [5.41, 5.74) is 0. The van der Waals surface area contributed by atoms with Crippen LogP contribution in [-0.4, -0.2) is 66.6 Å². The lowest BCUT2D eigenvalue weighted by molar-refractivity contribution is -0.141. The van der Waals surface area contributed by atoms with Crippen molar-refractivity contribution in [1.82, 2.24) is 10.2 Å². The van der Waals surface area contributed by atoms with Crippen molar-refractivity contribution in [2.24, 2.45) is 0 Å². The predicted molar refractivity (Wildman–Crippen MR) is 70.5 cm³/mol. The highest BCUT2D eigenvalue weighted by atomic mass is 16.5. The molecular formula is C13H22N2O5. The summed E-state index contributed by atoms with van der Waals surface area (Å²) >= 11 is 0. The first-order valence-electron chi connectivity index (χ1n) is 7.06. The second kappa shape index (κ2) is 6.90. The van der Waals surface area contributed by atoms with E-state index in [2.05, 4.69) is 5.32 Å². The minimum absolute atomic E-state index is 0.0363. The number of nitrogens with one attached hydrogen (secondary N) is 1. The number of urea groups is 1. The first-order valence-corrected chi connectivity index (χ1v) is 7.06. The standard InChI is InChI=1S/C13H22N2O5/c1-9(11-3-2-5-20-11)14-13(18)15-4-6-19-10(8-15)7-12(16)17/h9-11H,2-8H2,1H3,(H,14,18)(H,16,17). The van der Waals surface area contributed by atoms with Crippen LogP contribution in [0.3, 0.4) is 0 Å². The van der Waals surface area contributed by atoms with Crippen molar-refractivity contribution >= 4 is 12.0 Å². The second-order valence-electron chi connectivity index (χ2n) is 5.33. The maximum atomic E-state index is 12.2. The molecule has 0 bridgehead atoms. The van der Waals surface area contributed by atoms with Crippen LogP contribution >= 0.6 is 0 Å². The number of carbonyl (C=O) groups excluding carboxylic acids is 1. The van der Waals surface area contributed by atoms with Gasteiger partial charge in [0.25, 0.3) is 0 Å². The van der Waals surface area contributed by atoms with Crippen molar-refractivity contribution in [1.29, 1.82) is 0 Å². The van der Waals surface area contributed by atoms with E-state index < -0.39 is 12.1 Å². The van der Waals surface area contributed by atoms with Gasteiger partial charge >= 0.3 is 12.0 Å². The van der Waals surface area contributed by atoms with Crippen molar-refractivity contribution < 1.29 is 24.2 Å². The van der Waals surface area contributed by atoms with E-state index in [1.807, 2.05) is 6.92 Å². The molecule has 0 aromatic heterocycles. The lowest BCUT2D eigenvalue weighted by atomic mass is 10.1. The van der Waals surface area contributed by atoms with Gasteiger partial charge in [-0.05, 0) is 19.8 Å². The molecule has 0 aromatic carbocycles. The van der Waals surface area contributed by atoms with Crippen LogP contribution in [0, 0.1) is 0 Å².